The molecule has 0 amide bonds. The minimum atomic E-state index is 0.882. The SMILES string of the molecule is CCNc1ccc(-c2nc3ccc(CC)cc3s2)cn1. The summed E-state index contributed by atoms with van der Waals surface area (Å²) in [7, 11) is 0. The first-order valence-corrected chi connectivity index (χ1v) is 7.71. The zero-order chi connectivity index (χ0) is 13.9. The second kappa shape index (κ2) is 5.59. The van der Waals surface area contributed by atoms with Gasteiger partial charge in [-0.1, -0.05) is 13.0 Å². The Labute approximate surface area is 122 Å². The van der Waals surface area contributed by atoms with Crippen LogP contribution in [0.3, 0.4) is 0 Å². The van der Waals surface area contributed by atoms with E-state index in [4.69, 9.17) is 4.98 Å². The van der Waals surface area contributed by atoms with E-state index in [2.05, 4.69) is 48.4 Å². The van der Waals surface area contributed by atoms with Crippen LogP contribution in [0.1, 0.15) is 19.4 Å². The molecule has 0 saturated carbocycles. The first-order valence-electron chi connectivity index (χ1n) is 6.90. The fourth-order valence-electron chi connectivity index (χ4n) is 2.12. The summed E-state index contributed by atoms with van der Waals surface area (Å²) >= 11 is 1.73. The van der Waals surface area contributed by atoms with E-state index in [9.17, 15) is 0 Å². The number of aromatic nitrogens is 2. The number of hydrogen-bond donors (Lipinski definition) is 1. The Kier molecular flexibility index (Phi) is 3.65. The summed E-state index contributed by atoms with van der Waals surface area (Å²) in [6, 6.07) is 10.6. The summed E-state index contributed by atoms with van der Waals surface area (Å²) in [5.74, 6) is 0.908. The van der Waals surface area contributed by atoms with Crippen LogP contribution in [-0.2, 0) is 6.42 Å². The van der Waals surface area contributed by atoms with Gasteiger partial charge in [-0.25, -0.2) is 9.97 Å². The van der Waals surface area contributed by atoms with Crippen LogP contribution < -0.4 is 5.32 Å². The van der Waals surface area contributed by atoms with Crippen molar-refractivity contribution in [1.29, 1.82) is 0 Å². The Morgan fingerprint density at radius 1 is 1.15 bits per heavy atom. The third kappa shape index (κ3) is 2.51. The molecule has 0 fully saturated rings. The van der Waals surface area contributed by atoms with Gasteiger partial charge >= 0.3 is 0 Å². The van der Waals surface area contributed by atoms with Crippen LogP contribution >= 0.6 is 11.3 Å². The maximum absolute atomic E-state index is 4.69. The molecule has 4 heteroatoms. The molecule has 0 saturated heterocycles. The third-order valence-electron chi connectivity index (χ3n) is 3.23. The van der Waals surface area contributed by atoms with Gasteiger partial charge in [0.25, 0.3) is 0 Å². The van der Waals surface area contributed by atoms with Gasteiger partial charge in [0.05, 0.1) is 10.2 Å². The molecule has 3 nitrogen and oxygen atoms in total. The van der Waals surface area contributed by atoms with Crippen molar-refractivity contribution in [2.75, 3.05) is 11.9 Å². The fraction of sp³-hybridized carbons (Fsp3) is 0.250. The summed E-state index contributed by atoms with van der Waals surface area (Å²) in [5.41, 5.74) is 3.50. The molecule has 2 aromatic heterocycles. The highest BCUT2D eigenvalue weighted by Crippen LogP contribution is 2.30. The van der Waals surface area contributed by atoms with E-state index >= 15 is 0 Å². The minimum Gasteiger partial charge on any atom is -0.370 e. The standard InChI is InChI=1S/C16H17N3S/c1-3-11-5-7-13-14(9-11)20-16(19-13)12-6-8-15(17-4-2)18-10-12/h5-10H,3-4H2,1-2H3,(H,17,18). The van der Waals surface area contributed by atoms with E-state index in [1.807, 2.05) is 12.3 Å². The number of aryl methyl sites for hydroxylation is 1. The summed E-state index contributed by atoms with van der Waals surface area (Å²) in [5, 5.41) is 4.23. The normalized spacial score (nSPS) is 10.9. The van der Waals surface area contributed by atoms with Gasteiger partial charge < -0.3 is 5.32 Å². The van der Waals surface area contributed by atoms with Crippen molar-refractivity contribution in [3.05, 3.63) is 42.1 Å². The lowest BCUT2D eigenvalue weighted by atomic mass is 10.2. The number of nitrogens with one attached hydrogen (secondary N) is 1. The highest BCUT2D eigenvalue weighted by molar-refractivity contribution is 7.21. The predicted molar refractivity (Wildman–Crippen MR) is 86.4 cm³/mol. The summed E-state index contributed by atoms with van der Waals surface area (Å²) < 4.78 is 1.25. The Bertz CT molecular complexity index is 716. The second-order valence-electron chi connectivity index (χ2n) is 4.64. The van der Waals surface area contributed by atoms with E-state index < -0.39 is 0 Å². The molecule has 102 valence electrons. The van der Waals surface area contributed by atoms with Crippen LogP contribution in [0.15, 0.2) is 36.5 Å². The topological polar surface area (TPSA) is 37.8 Å². The number of thiazole rings is 1. The number of benzene rings is 1. The smallest absolute Gasteiger partial charge is 0.126 e. The highest BCUT2D eigenvalue weighted by atomic mass is 32.1. The summed E-state index contributed by atoms with van der Waals surface area (Å²) in [6.07, 6.45) is 2.94. The van der Waals surface area contributed by atoms with Crippen molar-refractivity contribution in [3.8, 4) is 10.6 Å². The first-order chi connectivity index (χ1) is 9.80. The van der Waals surface area contributed by atoms with Gasteiger partial charge in [0.15, 0.2) is 0 Å². The number of pyridine rings is 1. The molecule has 3 aromatic rings. The molecule has 2 heterocycles. The second-order valence-corrected chi connectivity index (χ2v) is 5.67. The highest BCUT2D eigenvalue weighted by Gasteiger charge is 2.07. The number of nitrogens with zero attached hydrogens (tertiary/aromatic N) is 2. The van der Waals surface area contributed by atoms with Gasteiger partial charge in [0, 0.05) is 18.3 Å². The molecule has 0 unspecified atom stereocenters. The molecule has 0 spiro atoms. The average molecular weight is 283 g/mol. The predicted octanol–water partition coefficient (Wildman–Crippen LogP) is 4.35. The van der Waals surface area contributed by atoms with E-state index in [0.717, 1.165) is 34.9 Å². The zero-order valence-corrected chi connectivity index (χ0v) is 12.5. The van der Waals surface area contributed by atoms with Crippen LogP contribution in [0.4, 0.5) is 5.82 Å². The van der Waals surface area contributed by atoms with Gasteiger partial charge in [-0.15, -0.1) is 11.3 Å². The van der Waals surface area contributed by atoms with Crippen molar-refractivity contribution in [3.63, 3.8) is 0 Å². The molecule has 20 heavy (non-hydrogen) atoms. The summed E-state index contributed by atoms with van der Waals surface area (Å²) in [4.78, 5) is 9.10. The Balaban J connectivity index is 1.96. The molecule has 0 bridgehead atoms. The van der Waals surface area contributed by atoms with Crippen molar-refractivity contribution >= 4 is 27.4 Å². The van der Waals surface area contributed by atoms with Crippen LogP contribution in [-0.4, -0.2) is 16.5 Å². The maximum atomic E-state index is 4.69. The number of anilines is 1. The first kappa shape index (κ1) is 13.1. The molecule has 3 rings (SSSR count). The molecular weight excluding hydrogens is 266 g/mol. The van der Waals surface area contributed by atoms with Crippen molar-refractivity contribution in [1.82, 2.24) is 9.97 Å². The average Bonchev–Trinajstić information content (AvgIpc) is 2.91. The number of rotatable bonds is 4. The van der Waals surface area contributed by atoms with Crippen LogP contribution in [0.25, 0.3) is 20.8 Å². The third-order valence-corrected chi connectivity index (χ3v) is 4.30. The van der Waals surface area contributed by atoms with E-state index in [1.165, 1.54) is 10.3 Å². The lowest BCUT2D eigenvalue weighted by Gasteiger charge is -2.01. The molecular formula is C16H17N3S. The molecule has 0 aliphatic rings. The lowest BCUT2D eigenvalue weighted by Crippen LogP contribution is -1.98. The lowest BCUT2D eigenvalue weighted by molar-refractivity contribution is 1.15. The van der Waals surface area contributed by atoms with Gasteiger partial charge in [-0.3, -0.25) is 0 Å². The van der Waals surface area contributed by atoms with E-state index in [0.29, 0.717) is 0 Å². The minimum absolute atomic E-state index is 0.882. The van der Waals surface area contributed by atoms with Crippen molar-refractivity contribution in [2.45, 2.75) is 20.3 Å². The van der Waals surface area contributed by atoms with E-state index in [-0.39, 0.29) is 0 Å². The molecule has 0 aliphatic carbocycles. The molecule has 1 aromatic carbocycles. The molecule has 0 radical (unpaired) electrons. The van der Waals surface area contributed by atoms with Crippen molar-refractivity contribution in [2.24, 2.45) is 0 Å². The zero-order valence-electron chi connectivity index (χ0n) is 11.7. The quantitative estimate of drug-likeness (QED) is 0.773. The van der Waals surface area contributed by atoms with Crippen molar-refractivity contribution < 1.29 is 0 Å². The van der Waals surface area contributed by atoms with Gasteiger partial charge in [0.2, 0.25) is 0 Å². The van der Waals surface area contributed by atoms with Crippen LogP contribution in [0, 0.1) is 0 Å². The van der Waals surface area contributed by atoms with Gasteiger partial charge in [-0.05, 0) is 43.2 Å². The number of hydrogen-bond acceptors (Lipinski definition) is 4. The maximum Gasteiger partial charge on any atom is 0.126 e. The fourth-order valence-corrected chi connectivity index (χ4v) is 3.14. The Morgan fingerprint density at radius 2 is 2.05 bits per heavy atom. The van der Waals surface area contributed by atoms with Crippen LogP contribution in [0.5, 0.6) is 0 Å². The van der Waals surface area contributed by atoms with Gasteiger partial charge in [-0.2, -0.15) is 0 Å². The number of fused-ring (bicyclic) bond motifs is 1. The van der Waals surface area contributed by atoms with E-state index in [1.54, 1.807) is 11.3 Å². The van der Waals surface area contributed by atoms with Crippen LogP contribution in [0.2, 0.25) is 0 Å². The van der Waals surface area contributed by atoms with Gasteiger partial charge in [0.1, 0.15) is 10.8 Å². The Hall–Kier alpha value is -1.94. The Morgan fingerprint density at radius 3 is 2.75 bits per heavy atom. The molecule has 0 atom stereocenters. The summed E-state index contributed by atoms with van der Waals surface area (Å²) in [6.45, 7) is 5.12. The monoisotopic (exact) mass is 283 g/mol. The largest absolute Gasteiger partial charge is 0.370 e. The molecule has 1 N–H and O–H groups in total. The molecule has 0 aliphatic heterocycles.